The van der Waals surface area contributed by atoms with Crippen molar-refractivity contribution < 1.29 is 9.59 Å². The van der Waals surface area contributed by atoms with Crippen molar-refractivity contribution >= 4 is 22.8 Å². The minimum absolute atomic E-state index is 0.227. The number of benzene rings is 1. The highest BCUT2D eigenvalue weighted by Crippen LogP contribution is 2.24. The topological polar surface area (TPSA) is 76.3 Å². The fourth-order valence-electron chi connectivity index (χ4n) is 3.39. The van der Waals surface area contributed by atoms with E-state index >= 15 is 0 Å². The molecule has 0 spiro atoms. The lowest BCUT2D eigenvalue weighted by molar-refractivity contribution is -0.135. The molecule has 1 unspecified atom stereocenters. The first-order valence-electron chi connectivity index (χ1n) is 8.56. The number of aryl methyl sites for hydroxylation is 2. The Bertz CT molecular complexity index is 878. The first-order valence-corrected chi connectivity index (χ1v) is 8.56. The Morgan fingerprint density at radius 1 is 1.20 bits per heavy atom. The zero-order valence-corrected chi connectivity index (χ0v) is 14.9. The number of carbonyl (C=O) groups excluding carboxylic acids is 2. The monoisotopic (exact) mass is 344 g/mol. The predicted molar refractivity (Wildman–Crippen MR) is 95.5 cm³/mol. The van der Waals surface area contributed by atoms with Gasteiger partial charge in [-0.15, -0.1) is 0 Å². The molecule has 134 valence electrons. The molecule has 25 heavy (non-hydrogen) atoms. The SMILES string of the molecule is CN(C)CCCc1ccc2c(c1)n(C)c(=O)n2C1CCC(=O)NC1=O. The van der Waals surface area contributed by atoms with Gasteiger partial charge in [0.15, 0.2) is 0 Å². The minimum atomic E-state index is -0.631. The van der Waals surface area contributed by atoms with E-state index in [4.69, 9.17) is 0 Å². The molecule has 7 heteroatoms. The van der Waals surface area contributed by atoms with Crippen LogP contribution in [0.25, 0.3) is 11.0 Å². The van der Waals surface area contributed by atoms with Crippen molar-refractivity contribution in [3.63, 3.8) is 0 Å². The summed E-state index contributed by atoms with van der Waals surface area (Å²) in [6.45, 7) is 1.01. The number of nitrogens with one attached hydrogen (secondary N) is 1. The summed E-state index contributed by atoms with van der Waals surface area (Å²) in [5.41, 5.74) is 2.50. The molecule has 1 aliphatic heterocycles. The smallest absolute Gasteiger partial charge is 0.309 e. The maximum absolute atomic E-state index is 12.7. The van der Waals surface area contributed by atoms with Gasteiger partial charge in [-0.3, -0.25) is 24.0 Å². The van der Waals surface area contributed by atoms with Crippen LogP contribution in [-0.4, -0.2) is 46.5 Å². The van der Waals surface area contributed by atoms with Crippen LogP contribution in [0.3, 0.4) is 0 Å². The number of hydrogen-bond acceptors (Lipinski definition) is 4. The molecule has 7 nitrogen and oxygen atoms in total. The van der Waals surface area contributed by atoms with Crippen LogP contribution in [0, 0.1) is 0 Å². The van der Waals surface area contributed by atoms with E-state index in [1.807, 2.05) is 32.3 Å². The van der Waals surface area contributed by atoms with Crippen LogP contribution < -0.4 is 11.0 Å². The maximum Gasteiger partial charge on any atom is 0.329 e. The van der Waals surface area contributed by atoms with Crippen LogP contribution in [0.1, 0.15) is 30.9 Å². The molecule has 1 aromatic carbocycles. The van der Waals surface area contributed by atoms with Crippen LogP contribution >= 0.6 is 0 Å². The fraction of sp³-hybridized carbons (Fsp3) is 0.500. The van der Waals surface area contributed by atoms with Gasteiger partial charge in [0.1, 0.15) is 6.04 Å². The standard InChI is InChI=1S/C18H24N4O3/c1-20(2)10-4-5-12-6-7-13-15(11-12)21(3)18(25)22(13)14-8-9-16(23)19-17(14)24/h6-7,11,14H,4-5,8-10H2,1-3H3,(H,19,23,24). The van der Waals surface area contributed by atoms with Crippen molar-refractivity contribution in [2.45, 2.75) is 31.7 Å². The molecule has 1 N–H and O–H groups in total. The quantitative estimate of drug-likeness (QED) is 0.815. The van der Waals surface area contributed by atoms with E-state index in [2.05, 4.69) is 10.2 Å². The molecule has 2 aromatic rings. The number of hydrogen-bond donors (Lipinski definition) is 1. The molecular weight excluding hydrogens is 320 g/mol. The Labute approximate surface area is 146 Å². The van der Waals surface area contributed by atoms with Crippen LogP contribution in [-0.2, 0) is 23.1 Å². The first-order chi connectivity index (χ1) is 11.9. The first kappa shape index (κ1) is 17.4. The van der Waals surface area contributed by atoms with Crippen LogP contribution in [0.15, 0.2) is 23.0 Å². The van der Waals surface area contributed by atoms with Gasteiger partial charge in [0, 0.05) is 13.5 Å². The van der Waals surface area contributed by atoms with E-state index < -0.39 is 11.9 Å². The molecule has 1 aliphatic rings. The van der Waals surface area contributed by atoms with Crippen LogP contribution in [0.4, 0.5) is 0 Å². The Morgan fingerprint density at radius 2 is 1.96 bits per heavy atom. The highest BCUT2D eigenvalue weighted by molar-refractivity contribution is 6.00. The zero-order valence-electron chi connectivity index (χ0n) is 14.9. The summed E-state index contributed by atoms with van der Waals surface area (Å²) in [5.74, 6) is -0.682. The van der Waals surface area contributed by atoms with Crippen molar-refractivity contribution in [3.8, 4) is 0 Å². The molecule has 0 bridgehead atoms. The summed E-state index contributed by atoms with van der Waals surface area (Å²) in [6.07, 6.45) is 2.59. The van der Waals surface area contributed by atoms with Gasteiger partial charge in [0.05, 0.1) is 11.0 Å². The van der Waals surface area contributed by atoms with Gasteiger partial charge >= 0.3 is 5.69 Å². The van der Waals surface area contributed by atoms with E-state index in [0.717, 1.165) is 30.4 Å². The molecule has 0 aliphatic carbocycles. The predicted octanol–water partition coefficient (Wildman–Crippen LogP) is 0.812. The lowest BCUT2D eigenvalue weighted by Gasteiger charge is -2.21. The van der Waals surface area contributed by atoms with E-state index in [-0.39, 0.29) is 18.0 Å². The van der Waals surface area contributed by atoms with Gasteiger partial charge in [-0.2, -0.15) is 0 Å². The van der Waals surface area contributed by atoms with Crippen molar-refractivity contribution in [3.05, 3.63) is 34.2 Å². The summed E-state index contributed by atoms with van der Waals surface area (Å²) < 4.78 is 3.09. The van der Waals surface area contributed by atoms with Gasteiger partial charge in [-0.05, 0) is 57.6 Å². The Balaban J connectivity index is 1.95. The van der Waals surface area contributed by atoms with Crippen LogP contribution in [0.5, 0.6) is 0 Å². The van der Waals surface area contributed by atoms with E-state index in [0.29, 0.717) is 6.42 Å². The second kappa shape index (κ2) is 6.84. The van der Waals surface area contributed by atoms with Gasteiger partial charge in [0.25, 0.3) is 0 Å². The molecule has 3 rings (SSSR count). The highest BCUT2D eigenvalue weighted by atomic mass is 16.2. The van der Waals surface area contributed by atoms with Gasteiger partial charge in [-0.25, -0.2) is 4.79 Å². The molecule has 1 atom stereocenters. The lowest BCUT2D eigenvalue weighted by atomic mass is 10.1. The van der Waals surface area contributed by atoms with E-state index in [1.54, 1.807) is 11.6 Å². The summed E-state index contributed by atoms with van der Waals surface area (Å²) in [4.78, 5) is 38.4. The average Bonchev–Trinajstić information content (AvgIpc) is 2.79. The molecule has 1 saturated heterocycles. The minimum Gasteiger partial charge on any atom is -0.309 e. The van der Waals surface area contributed by atoms with Gasteiger partial charge in [-0.1, -0.05) is 6.07 Å². The number of piperidine rings is 1. The molecule has 2 amide bonds. The van der Waals surface area contributed by atoms with E-state index in [9.17, 15) is 14.4 Å². The van der Waals surface area contributed by atoms with Gasteiger partial charge < -0.3 is 4.90 Å². The lowest BCUT2D eigenvalue weighted by Crippen LogP contribution is -2.44. The number of imidazole rings is 1. The fourth-order valence-corrected chi connectivity index (χ4v) is 3.39. The summed E-state index contributed by atoms with van der Waals surface area (Å²) in [7, 11) is 5.82. The molecule has 1 aromatic heterocycles. The molecule has 0 radical (unpaired) electrons. The molecular formula is C18H24N4O3. The Morgan fingerprint density at radius 3 is 2.64 bits per heavy atom. The van der Waals surface area contributed by atoms with Gasteiger partial charge in [0.2, 0.25) is 11.8 Å². The second-order valence-corrected chi connectivity index (χ2v) is 6.91. The normalized spacial score (nSPS) is 18.2. The highest BCUT2D eigenvalue weighted by Gasteiger charge is 2.31. The van der Waals surface area contributed by atoms with Crippen molar-refractivity contribution in [2.75, 3.05) is 20.6 Å². The average molecular weight is 344 g/mol. The Kier molecular flexibility index (Phi) is 4.76. The third-order valence-corrected chi connectivity index (χ3v) is 4.75. The Hall–Kier alpha value is -2.41. The van der Waals surface area contributed by atoms with E-state index in [1.165, 1.54) is 10.1 Å². The van der Waals surface area contributed by atoms with Crippen molar-refractivity contribution in [1.29, 1.82) is 0 Å². The third-order valence-electron chi connectivity index (χ3n) is 4.75. The number of carbonyl (C=O) groups is 2. The van der Waals surface area contributed by atoms with Crippen molar-refractivity contribution in [2.24, 2.45) is 7.05 Å². The number of fused-ring (bicyclic) bond motifs is 1. The van der Waals surface area contributed by atoms with Crippen molar-refractivity contribution in [1.82, 2.24) is 19.4 Å². The molecule has 2 heterocycles. The summed E-state index contributed by atoms with van der Waals surface area (Å²) in [5, 5.41) is 2.33. The number of nitrogens with zero attached hydrogens (tertiary/aromatic N) is 3. The van der Waals surface area contributed by atoms with Crippen LogP contribution in [0.2, 0.25) is 0 Å². The summed E-state index contributed by atoms with van der Waals surface area (Å²) in [6, 6.07) is 5.31. The summed E-state index contributed by atoms with van der Waals surface area (Å²) >= 11 is 0. The second-order valence-electron chi connectivity index (χ2n) is 6.91. The zero-order chi connectivity index (χ0) is 18.1. The number of rotatable bonds is 5. The number of imide groups is 1. The largest absolute Gasteiger partial charge is 0.329 e. The number of aromatic nitrogens is 2. The third kappa shape index (κ3) is 3.37. The maximum atomic E-state index is 12.7. The molecule has 0 saturated carbocycles. The number of amides is 2. The molecule has 1 fully saturated rings.